The normalized spacial score (nSPS) is 9.63. The Labute approximate surface area is 116 Å². The fourth-order valence-electron chi connectivity index (χ4n) is 1.39. The number of benzene rings is 1. The van der Waals surface area contributed by atoms with Crippen LogP contribution >= 0.6 is 11.8 Å². The van der Waals surface area contributed by atoms with Crippen LogP contribution in [0.25, 0.3) is 0 Å². The quantitative estimate of drug-likeness (QED) is 0.595. The predicted octanol–water partition coefficient (Wildman–Crippen LogP) is 3.47. The third-order valence-electron chi connectivity index (χ3n) is 2.23. The predicted molar refractivity (Wildman–Crippen MR) is 74.3 cm³/mol. The highest BCUT2D eigenvalue weighted by Crippen LogP contribution is 2.23. The molecule has 0 saturated heterocycles. The van der Waals surface area contributed by atoms with Gasteiger partial charge in [-0.1, -0.05) is 0 Å². The van der Waals surface area contributed by atoms with E-state index in [4.69, 9.17) is 14.7 Å². The maximum absolute atomic E-state index is 8.38. The van der Waals surface area contributed by atoms with Crippen LogP contribution in [0, 0.1) is 10.7 Å². The summed E-state index contributed by atoms with van der Waals surface area (Å²) in [6, 6.07) is 11.0. The smallest absolute Gasteiger partial charge is 0.133 e. The Morgan fingerprint density at radius 2 is 1.63 bits per heavy atom. The molecule has 0 radical (unpaired) electrons. The Kier molecular flexibility index (Phi) is 5.08. The molecule has 0 bridgehead atoms. The molecule has 0 aliphatic rings. The van der Waals surface area contributed by atoms with Crippen molar-refractivity contribution in [2.24, 2.45) is 0 Å². The highest BCUT2D eigenvalue weighted by Gasteiger charge is 1.98. The molecule has 1 aromatic carbocycles. The van der Waals surface area contributed by atoms with E-state index in [0.717, 1.165) is 17.2 Å². The summed E-state index contributed by atoms with van der Waals surface area (Å²) in [6.07, 6.45) is 3.36. The highest BCUT2D eigenvalue weighted by atomic mass is 32.2. The number of ether oxygens (including phenoxy) is 2. The van der Waals surface area contributed by atoms with Gasteiger partial charge in [0.25, 0.3) is 0 Å². The van der Waals surface area contributed by atoms with Gasteiger partial charge in [-0.2, -0.15) is 5.26 Å². The highest BCUT2D eigenvalue weighted by molar-refractivity contribution is 8.03. The topological polar surface area (TPSA) is 55.1 Å². The number of nitriles is 1. The van der Waals surface area contributed by atoms with Crippen molar-refractivity contribution in [1.82, 2.24) is 4.98 Å². The van der Waals surface area contributed by atoms with Crippen molar-refractivity contribution < 1.29 is 9.47 Å². The zero-order valence-corrected chi connectivity index (χ0v) is 11.0. The second-order valence-electron chi connectivity index (χ2n) is 3.54. The first-order valence-corrected chi connectivity index (χ1v) is 6.68. The molecule has 0 atom stereocenters. The number of hydrogen-bond acceptors (Lipinski definition) is 5. The summed E-state index contributed by atoms with van der Waals surface area (Å²) in [4.78, 5) is 3.93. The van der Waals surface area contributed by atoms with Gasteiger partial charge in [-0.3, -0.25) is 4.98 Å². The fourth-order valence-corrected chi connectivity index (χ4v) is 1.65. The Morgan fingerprint density at radius 3 is 2.32 bits per heavy atom. The molecule has 1 aromatic heterocycles. The minimum atomic E-state index is 0.517. The summed E-state index contributed by atoms with van der Waals surface area (Å²) in [6.45, 7) is 0.517. The summed E-state index contributed by atoms with van der Waals surface area (Å²) in [5.41, 5.74) is 0. The van der Waals surface area contributed by atoms with Crippen LogP contribution in [0.1, 0.15) is 0 Å². The van der Waals surface area contributed by atoms with E-state index >= 15 is 0 Å². The lowest BCUT2D eigenvalue weighted by atomic mass is 10.3. The molecule has 4 nitrogen and oxygen atoms in total. The molecular weight excluding hydrogens is 260 g/mol. The van der Waals surface area contributed by atoms with Gasteiger partial charge in [0.1, 0.15) is 22.6 Å². The molecule has 0 aliphatic carbocycles. The van der Waals surface area contributed by atoms with Crippen LogP contribution in [0.2, 0.25) is 0 Å². The van der Waals surface area contributed by atoms with Crippen molar-refractivity contribution >= 4 is 11.8 Å². The summed E-state index contributed by atoms with van der Waals surface area (Å²) in [5.74, 6) is 2.91. The fraction of sp³-hybridized carbons (Fsp3) is 0.143. The third kappa shape index (κ3) is 4.53. The molecule has 1 heterocycles. The molecule has 96 valence electrons. The van der Waals surface area contributed by atoms with Crippen molar-refractivity contribution in [1.29, 1.82) is 5.26 Å². The number of thioether (sulfide) groups is 1. The number of nitrogens with zero attached hydrogens (tertiary/aromatic N) is 2. The van der Waals surface area contributed by atoms with E-state index < -0.39 is 0 Å². The van der Waals surface area contributed by atoms with E-state index in [-0.39, 0.29) is 0 Å². The average Bonchev–Trinajstić information content (AvgIpc) is 2.46. The zero-order chi connectivity index (χ0) is 13.3. The Balaban J connectivity index is 1.86. The lowest BCUT2D eigenvalue weighted by molar-refractivity contribution is 0.343. The van der Waals surface area contributed by atoms with Gasteiger partial charge in [-0.25, -0.2) is 0 Å². The number of hydrogen-bond donors (Lipinski definition) is 0. The van der Waals surface area contributed by atoms with Crippen molar-refractivity contribution in [2.45, 2.75) is 0 Å². The number of aromatic nitrogens is 1. The van der Waals surface area contributed by atoms with Crippen molar-refractivity contribution in [2.75, 3.05) is 12.4 Å². The molecule has 0 fully saturated rings. The first-order chi connectivity index (χ1) is 9.38. The largest absolute Gasteiger partial charge is 0.493 e. The van der Waals surface area contributed by atoms with Gasteiger partial charge in [0, 0.05) is 18.1 Å². The minimum absolute atomic E-state index is 0.517. The SMILES string of the molecule is N#CSCCOc1ccc(Oc2ccncc2)cc1. The lowest BCUT2D eigenvalue weighted by Crippen LogP contribution is -1.99. The van der Waals surface area contributed by atoms with Gasteiger partial charge in [0.05, 0.1) is 6.61 Å². The maximum Gasteiger partial charge on any atom is 0.133 e. The van der Waals surface area contributed by atoms with Crippen molar-refractivity contribution in [3.8, 4) is 22.6 Å². The standard InChI is InChI=1S/C14H12N2O2S/c15-11-19-10-9-17-12-1-3-13(4-2-12)18-14-5-7-16-8-6-14/h1-8H,9-10H2. The van der Waals surface area contributed by atoms with Crippen molar-refractivity contribution in [3.63, 3.8) is 0 Å². The van der Waals surface area contributed by atoms with Gasteiger partial charge in [-0.05, 0) is 48.2 Å². The molecule has 0 aliphatic heterocycles. The number of thiocyanates is 1. The zero-order valence-electron chi connectivity index (χ0n) is 10.2. The molecule has 2 aromatic rings. The summed E-state index contributed by atoms with van der Waals surface area (Å²) >= 11 is 1.18. The summed E-state index contributed by atoms with van der Waals surface area (Å²) in [5, 5.41) is 10.4. The lowest BCUT2D eigenvalue weighted by Gasteiger charge is -2.07. The van der Waals surface area contributed by atoms with Crippen LogP contribution in [-0.2, 0) is 0 Å². The molecule has 0 amide bonds. The molecule has 5 heteroatoms. The van der Waals surface area contributed by atoms with Gasteiger partial charge in [0.15, 0.2) is 0 Å². The minimum Gasteiger partial charge on any atom is -0.493 e. The van der Waals surface area contributed by atoms with E-state index in [9.17, 15) is 0 Å². The molecule has 0 unspecified atom stereocenters. The van der Waals surface area contributed by atoms with E-state index in [1.54, 1.807) is 24.5 Å². The van der Waals surface area contributed by atoms with Gasteiger partial charge in [0.2, 0.25) is 0 Å². The summed E-state index contributed by atoms with van der Waals surface area (Å²) in [7, 11) is 0. The molecule has 0 N–H and O–H groups in total. The van der Waals surface area contributed by atoms with Crippen LogP contribution in [0.3, 0.4) is 0 Å². The van der Waals surface area contributed by atoms with Gasteiger partial charge >= 0.3 is 0 Å². The Hall–Kier alpha value is -2.19. The number of rotatable bonds is 6. The maximum atomic E-state index is 8.38. The molecule has 2 rings (SSSR count). The van der Waals surface area contributed by atoms with Gasteiger partial charge in [-0.15, -0.1) is 0 Å². The molecular formula is C14H12N2O2S. The van der Waals surface area contributed by atoms with Crippen LogP contribution in [-0.4, -0.2) is 17.3 Å². The Morgan fingerprint density at radius 1 is 1.00 bits per heavy atom. The monoisotopic (exact) mass is 272 g/mol. The Bertz CT molecular complexity index is 538. The second kappa shape index (κ2) is 7.29. The third-order valence-corrected chi connectivity index (χ3v) is 2.73. The van der Waals surface area contributed by atoms with E-state index in [1.165, 1.54) is 11.8 Å². The first kappa shape index (κ1) is 13.2. The first-order valence-electron chi connectivity index (χ1n) is 5.70. The van der Waals surface area contributed by atoms with Crippen LogP contribution in [0.4, 0.5) is 0 Å². The number of pyridine rings is 1. The molecule has 0 spiro atoms. The van der Waals surface area contributed by atoms with Gasteiger partial charge < -0.3 is 9.47 Å². The second-order valence-corrected chi connectivity index (χ2v) is 4.42. The molecule has 19 heavy (non-hydrogen) atoms. The van der Waals surface area contributed by atoms with E-state index in [0.29, 0.717) is 12.4 Å². The summed E-state index contributed by atoms with van der Waals surface area (Å²) < 4.78 is 11.1. The van der Waals surface area contributed by atoms with E-state index in [2.05, 4.69) is 4.98 Å². The van der Waals surface area contributed by atoms with Crippen LogP contribution in [0.15, 0.2) is 48.8 Å². The van der Waals surface area contributed by atoms with Crippen molar-refractivity contribution in [3.05, 3.63) is 48.8 Å². The van der Waals surface area contributed by atoms with E-state index in [1.807, 2.05) is 29.7 Å². The van der Waals surface area contributed by atoms with Crippen LogP contribution in [0.5, 0.6) is 17.2 Å². The van der Waals surface area contributed by atoms with Crippen LogP contribution < -0.4 is 9.47 Å². The molecule has 0 saturated carbocycles. The average molecular weight is 272 g/mol.